The zero-order valence-electron chi connectivity index (χ0n) is 10.9. The van der Waals surface area contributed by atoms with E-state index in [2.05, 4.69) is 21.2 Å². The summed E-state index contributed by atoms with van der Waals surface area (Å²) in [5.74, 6) is 0.0890. The fourth-order valence-corrected chi connectivity index (χ4v) is 2.00. The highest BCUT2D eigenvalue weighted by Gasteiger charge is 2.09. The average Bonchev–Trinajstić information content (AvgIpc) is 2.29. The molecule has 1 amide bonds. The molecule has 0 saturated carbocycles. The highest BCUT2D eigenvalue weighted by molar-refractivity contribution is 9.10. The van der Waals surface area contributed by atoms with Crippen molar-refractivity contribution in [3.05, 3.63) is 34.3 Å². The van der Waals surface area contributed by atoms with Crippen LogP contribution in [0, 0.1) is 0 Å². The summed E-state index contributed by atoms with van der Waals surface area (Å²) in [5, 5.41) is 2.99. The molecule has 100 valence electrons. The zero-order chi connectivity index (χ0) is 13.5. The van der Waals surface area contributed by atoms with Crippen molar-refractivity contribution >= 4 is 21.8 Å². The van der Waals surface area contributed by atoms with Gasteiger partial charge in [0.05, 0.1) is 6.04 Å². The molecule has 0 aliphatic rings. The molecule has 0 aromatic heterocycles. The second-order valence-corrected chi connectivity index (χ2v) is 5.63. The Morgan fingerprint density at radius 1 is 1.33 bits per heavy atom. The third kappa shape index (κ3) is 5.65. The first-order valence-electron chi connectivity index (χ1n) is 6.29. The zero-order valence-corrected chi connectivity index (χ0v) is 12.5. The lowest BCUT2D eigenvalue weighted by molar-refractivity contribution is -0.121. The topological polar surface area (TPSA) is 55.1 Å². The van der Waals surface area contributed by atoms with Crippen LogP contribution in [0.4, 0.5) is 0 Å². The van der Waals surface area contributed by atoms with E-state index in [4.69, 9.17) is 5.73 Å². The summed E-state index contributed by atoms with van der Waals surface area (Å²) in [7, 11) is 0. The van der Waals surface area contributed by atoms with E-state index in [-0.39, 0.29) is 18.0 Å². The van der Waals surface area contributed by atoms with Crippen LogP contribution in [-0.2, 0) is 4.79 Å². The number of rotatable bonds is 6. The number of benzene rings is 1. The van der Waals surface area contributed by atoms with Crippen LogP contribution < -0.4 is 11.1 Å². The van der Waals surface area contributed by atoms with Crippen molar-refractivity contribution in [2.45, 2.75) is 45.2 Å². The first-order chi connectivity index (χ1) is 8.49. The fourth-order valence-electron chi connectivity index (χ4n) is 1.73. The van der Waals surface area contributed by atoms with Crippen LogP contribution >= 0.6 is 15.9 Å². The second kappa shape index (κ2) is 7.54. The van der Waals surface area contributed by atoms with Crippen molar-refractivity contribution in [2.75, 3.05) is 0 Å². The van der Waals surface area contributed by atoms with Gasteiger partial charge in [-0.15, -0.1) is 0 Å². The van der Waals surface area contributed by atoms with E-state index in [1.54, 1.807) is 0 Å². The summed E-state index contributed by atoms with van der Waals surface area (Å²) < 4.78 is 1.04. The molecule has 0 aliphatic heterocycles. The van der Waals surface area contributed by atoms with Crippen LogP contribution in [0.3, 0.4) is 0 Å². The van der Waals surface area contributed by atoms with Gasteiger partial charge in [-0.3, -0.25) is 4.79 Å². The van der Waals surface area contributed by atoms with Crippen LogP contribution in [0.1, 0.15) is 44.7 Å². The number of hydrogen-bond acceptors (Lipinski definition) is 2. The Morgan fingerprint density at radius 2 is 1.94 bits per heavy atom. The molecule has 2 atom stereocenters. The maximum absolute atomic E-state index is 11.7. The molecule has 1 rings (SSSR count). The highest BCUT2D eigenvalue weighted by Crippen LogP contribution is 2.16. The highest BCUT2D eigenvalue weighted by atomic mass is 79.9. The number of hydrogen-bond donors (Lipinski definition) is 2. The molecule has 0 heterocycles. The van der Waals surface area contributed by atoms with Crippen LogP contribution in [0.25, 0.3) is 0 Å². The first-order valence-corrected chi connectivity index (χ1v) is 7.08. The molecule has 1 aromatic carbocycles. The summed E-state index contributed by atoms with van der Waals surface area (Å²) in [6, 6.07) is 8.19. The lowest BCUT2D eigenvalue weighted by Gasteiger charge is -2.14. The van der Waals surface area contributed by atoms with E-state index in [1.165, 1.54) is 0 Å². The Kier molecular flexibility index (Phi) is 6.36. The maximum Gasteiger partial charge on any atom is 0.220 e. The molecule has 1 aromatic rings. The summed E-state index contributed by atoms with van der Waals surface area (Å²) >= 11 is 3.39. The number of nitrogens with two attached hydrogens (primary N) is 1. The van der Waals surface area contributed by atoms with Gasteiger partial charge in [-0.1, -0.05) is 28.1 Å². The number of nitrogens with one attached hydrogen (secondary N) is 1. The normalized spacial score (nSPS) is 14.0. The van der Waals surface area contributed by atoms with Crippen LogP contribution in [0.2, 0.25) is 0 Å². The van der Waals surface area contributed by atoms with Crippen LogP contribution in [0.5, 0.6) is 0 Å². The number of halogens is 1. The van der Waals surface area contributed by atoms with Crippen molar-refractivity contribution in [1.29, 1.82) is 0 Å². The van der Waals surface area contributed by atoms with E-state index in [0.717, 1.165) is 22.9 Å². The Bertz CT molecular complexity index is 376. The largest absolute Gasteiger partial charge is 0.350 e. The number of carbonyl (C=O) groups is 1. The minimum atomic E-state index is 0.0425. The molecule has 2 unspecified atom stereocenters. The predicted molar refractivity (Wildman–Crippen MR) is 78.2 cm³/mol. The van der Waals surface area contributed by atoms with E-state index in [0.29, 0.717) is 6.42 Å². The molecule has 0 saturated heterocycles. The maximum atomic E-state index is 11.7. The smallest absolute Gasteiger partial charge is 0.220 e. The number of carbonyl (C=O) groups excluding carboxylic acids is 1. The number of amides is 1. The lowest BCUT2D eigenvalue weighted by atomic mass is 10.1. The monoisotopic (exact) mass is 312 g/mol. The van der Waals surface area contributed by atoms with Gasteiger partial charge < -0.3 is 11.1 Å². The minimum Gasteiger partial charge on any atom is -0.350 e. The molecule has 3 N–H and O–H groups in total. The average molecular weight is 313 g/mol. The molecule has 0 radical (unpaired) electrons. The molecule has 0 bridgehead atoms. The molecule has 18 heavy (non-hydrogen) atoms. The third-order valence-corrected chi connectivity index (χ3v) is 3.34. The van der Waals surface area contributed by atoms with Gasteiger partial charge in [0.2, 0.25) is 5.91 Å². The van der Waals surface area contributed by atoms with Crippen molar-refractivity contribution in [3.63, 3.8) is 0 Å². The van der Waals surface area contributed by atoms with Gasteiger partial charge in [0.25, 0.3) is 0 Å². The third-order valence-electron chi connectivity index (χ3n) is 2.81. The molecule has 0 spiro atoms. The van der Waals surface area contributed by atoms with E-state index >= 15 is 0 Å². The van der Waals surface area contributed by atoms with Gasteiger partial charge in [-0.2, -0.15) is 0 Å². The SMILES string of the molecule is CC(N)CCCC(=O)NC(C)c1ccc(Br)cc1. The first kappa shape index (κ1) is 15.2. The van der Waals surface area contributed by atoms with E-state index < -0.39 is 0 Å². The summed E-state index contributed by atoms with van der Waals surface area (Å²) in [5.41, 5.74) is 6.76. The molecular weight excluding hydrogens is 292 g/mol. The fraction of sp³-hybridized carbons (Fsp3) is 0.500. The van der Waals surface area contributed by atoms with Crippen LogP contribution in [-0.4, -0.2) is 11.9 Å². The summed E-state index contributed by atoms with van der Waals surface area (Å²) in [4.78, 5) is 11.7. The minimum absolute atomic E-state index is 0.0425. The van der Waals surface area contributed by atoms with E-state index in [9.17, 15) is 4.79 Å². The van der Waals surface area contributed by atoms with Crippen LogP contribution in [0.15, 0.2) is 28.7 Å². The van der Waals surface area contributed by atoms with Gasteiger partial charge in [0, 0.05) is 16.9 Å². The van der Waals surface area contributed by atoms with E-state index in [1.807, 2.05) is 38.1 Å². The van der Waals surface area contributed by atoms with Gasteiger partial charge in [0.15, 0.2) is 0 Å². The van der Waals surface area contributed by atoms with Crippen molar-refractivity contribution in [2.24, 2.45) is 5.73 Å². The van der Waals surface area contributed by atoms with Gasteiger partial charge in [0.1, 0.15) is 0 Å². The lowest BCUT2D eigenvalue weighted by Crippen LogP contribution is -2.26. The van der Waals surface area contributed by atoms with Crippen molar-refractivity contribution < 1.29 is 4.79 Å². The van der Waals surface area contributed by atoms with Crippen molar-refractivity contribution in [1.82, 2.24) is 5.32 Å². The molecule has 4 heteroatoms. The second-order valence-electron chi connectivity index (χ2n) is 4.71. The quantitative estimate of drug-likeness (QED) is 0.847. The van der Waals surface area contributed by atoms with Gasteiger partial charge in [-0.05, 0) is 44.4 Å². The molecule has 3 nitrogen and oxygen atoms in total. The summed E-state index contributed by atoms with van der Waals surface area (Å²) in [6.45, 7) is 3.95. The molecule has 0 aliphatic carbocycles. The standard InChI is InChI=1S/C14H21BrN2O/c1-10(16)4-3-5-14(18)17-11(2)12-6-8-13(15)9-7-12/h6-11H,3-5,16H2,1-2H3,(H,17,18). The summed E-state index contributed by atoms with van der Waals surface area (Å²) in [6.07, 6.45) is 2.28. The molecular formula is C14H21BrN2O. The Balaban J connectivity index is 2.37. The molecule has 0 fully saturated rings. The predicted octanol–water partition coefficient (Wildman–Crippen LogP) is 3.14. The Labute approximate surface area is 117 Å². The van der Waals surface area contributed by atoms with Gasteiger partial charge >= 0.3 is 0 Å². The van der Waals surface area contributed by atoms with Gasteiger partial charge in [-0.25, -0.2) is 0 Å². The Hall–Kier alpha value is -0.870. The Morgan fingerprint density at radius 3 is 2.50 bits per heavy atom. The van der Waals surface area contributed by atoms with Crippen molar-refractivity contribution in [3.8, 4) is 0 Å².